The van der Waals surface area contributed by atoms with Crippen molar-refractivity contribution in [3.8, 4) is 0 Å². The number of fused-ring (bicyclic) bond motifs is 2. The second-order valence-electron chi connectivity index (χ2n) is 11.8. The Balaban J connectivity index is 1.04. The smallest absolute Gasteiger partial charge is 0.407 e. The first kappa shape index (κ1) is 28.4. The molecule has 6 atom stereocenters. The zero-order valence-corrected chi connectivity index (χ0v) is 24.2. The number of carbonyl (C=O) groups is 2. The SMILES string of the molecule is CC(C)Nc1nc2cc(C(=O)NN(CCCNC(=O)OC3C4COC5OCC3C5C4C)Cc3ccccc3)ccc2o1. The number of nitrogens with zero attached hydrogens (tertiary/aromatic N) is 2. The normalized spacial score (nSPS) is 26.1. The Kier molecular flexibility index (Phi) is 8.32. The predicted octanol–water partition coefficient (Wildman–Crippen LogP) is 4.16. The average Bonchev–Trinajstić information content (AvgIpc) is 3.61. The van der Waals surface area contributed by atoms with E-state index < -0.39 is 6.09 Å². The van der Waals surface area contributed by atoms with Gasteiger partial charge in [0.2, 0.25) is 0 Å². The van der Waals surface area contributed by atoms with Crippen LogP contribution in [0.3, 0.4) is 0 Å². The van der Waals surface area contributed by atoms with Crippen molar-refractivity contribution in [1.29, 1.82) is 0 Å². The van der Waals surface area contributed by atoms with E-state index in [1.807, 2.05) is 49.2 Å². The van der Waals surface area contributed by atoms with Crippen molar-refractivity contribution in [3.63, 3.8) is 0 Å². The molecule has 1 saturated carbocycles. The fourth-order valence-electron chi connectivity index (χ4n) is 6.46. The van der Waals surface area contributed by atoms with Crippen LogP contribution in [0.5, 0.6) is 0 Å². The second kappa shape index (κ2) is 12.3. The lowest BCUT2D eigenvalue weighted by Crippen LogP contribution is -2.43. The lowest BCUT2D eigenvalue weighted by atomic mass is 9.88. The maximum Gasteiger partial charge on any atom is 0.407 e. The van der Waals surface area contributed by atoms with E-state index in [4.69, 9.17) is 18.6 Å². The number of aromatic nitrogens is 1. The molecule has 42 heavy (non-hydrogen) atoms. The molecule has 3 aromatic rings. The maximum absolute atomic E-state index is 13.3. The topological polar surface area (TPSA) is 127 Å². The van der Waals surface area contributed by atoms with Gasteiger partial charge in [-0.3, -0.25) is 10.2 Å². The van der Waals surface area contributed by atoms with Crippen LogP contribution < -0.4 is 16.1 Å². The number of hydrogen-bond acceptors (Lipinski definition) is 9. The van der Waals surface area contributed by atoms with E-state index in [1.165, 1.54) is 0 Å². The molecular weight excluding hydrogens is 538 g/mol. The molecule has 3 heterocycles. The summed E-state index contributed by atoms with van der Waals surface area (Å²) in [6, 6.07) is 15.7. The number of amides is 2. The van der Waals surface area contributed by atoms with Crippen molar-refractivity contribution in [3.05, 3.63) is 59.7 Å². The number of carbonyl (C=O) groups excluding carboxylic acids is 2. The van der Waals surface area contributed by atoms with Gasteiger partial charge in [0, 0.05) is 49.0 Å². The van der Waals surface area contributed by atoms with Crippen LogP contribution in [0.1, 0.15) is 43.1 Å². The molecule has 6 rings (SSSR count). The van der Waals surface area contributed by atoms with Crippen LogP contribution in [0.25, 0.3) is 11.1 Å². The molecule has 11 heteroatoms. The van der Waals surface area contributed by atoms with Crippen LogP contribution in [0.15, 0.2) is 52.9 Å². The maximum atomic E-state index is 13.3. The minimum Gasteiger partial charge on any atom is -0.445 e. The molecule has 2 amide bonds. The standard InChI is InChI=1S/C31H39N5O6/c1-18(2)33-30-34-24-14-21(10-11-25(24)41-30)28(37)35-36(15-20-8-5-4-6-9-20)13-7-12-32-31(38)42-27-22-16-39-29-26(19(22)3)23(27)17-40-29/h4-6,8-11,14,18-19,22-23,26-27,29H,7,12-13,15-17H2,1-3H3,(H,32,38)(H,33,34)(H,35,37). The predicted molar refractivity (Wildman–Crippen MR) is 155 cm³/mol. The number of rotatable bonds is 11. The Morgan fingerprint density at radius 3 is 2.67 bits per heavy atom. The summed E-state index contributed by atoms with van der Waals surface area (Å²) in [6.07, 6.45) is -0.166. The molecule has 2 aliphatic heterocycles. The highest BCUT2D eigenvalue weighted by Gasteiger charge is 2.60. The van der Waals surface area contributed by atoms with E-state index in [0.717, 1.165) is 5.56 Å². The van der Waals surface area contributed by atoms with Gasteiger partial charge in [0.05, 0.1) is 13.2 Å². The first-order chi connectivity index (χ1) is 20.4. The number of nitrogens with one attached hydrogen (secondary N) is 3. The lowest BCUT2D eigenvalue weighted by Gasteiger charge is -2.32. The molecule has 1 aliphatic carbocycles. The molecule has 3 aliphatic rings. The molecule has 2 saturated heterocycles. The van der Waals surface area contributed by atoms with Gasteiger partial charge in [-0.15, -0.1) is 0 Å². The molecule has 3 N–H and O–H groups in total. The lowest BCUT2D eigenvalue weighted by molar-refractivity contribution is -0.183. The van der Waals surface area contributed by atoms with Crippen molar-refractivity contribution in [2.45, 2.75) is 52.2 Å². The van der Waals surface area contributed by atoms with Gasteiger partial charge in [0.15, 0.2) is 11.9 Å². The third-order valence-corrected chi connectivity index (χ3v) is 8.50. The van der Waals surface area contributed by atoms with Gasteiger partial charge >= 0.3 is 6.09 Å². The van der Waals surface area contributed by atoms with Crippen molar-refractivity contribution < 1.29 is 28.2 Å². The van der Waals surface area contributed by atoms with Gasteiger partial charge in [-0.2, -0.15) is 4.98 Å². The molecule has 2 aromatic carbocycles. The van der Waals surface area contributed by atoms with Crippen LogP contribution in [-0.2, 0) is 20.8 Å². The fourth-order valence-corrected chi connectivity index (χ4v) is 6.46. The van der Waals surface area contributed by atoms with E-state index in [1.54, 1.807) is 18.2 Å². The Labute approximate surface area is 245 Å². The van der Waals surface area contributed by atoms with Gasteiger partial charge in [-0.25, -0.2) is 9.80 Å². The number of oxazole rings is 1. The van der Waals surface area contributed by atoms with Crippen LogP contribution in [0, 0.1) is 23.7 Å². The summed E-state index contributed by atoms with van der Waals surface area (Å²) in [5.74, 6) is 0.849. The fraction of sp³-hybridized carbons (Fsp3) is 0.516. The summed E-state index contributed by atoms with van der Waals surface area (Å²) in [4.78, 5) is 30.4. The molecular formula is C31H39N5O6. The zero-order chi connectivity index (χ0) is 29.2. The molecule has 224 valence electrons. The third-order valence-electron chi connectivity index (χ3n) is 8.50. The number of hydrogen-bond donors (Lipinski definition) is 3. The first-order valence-corrected chi connectivity index (χ1v) is 14.8. The molecule has 0 spiro atoms. The van der Waals surface area contributed by atoms with Crippen LogP contribution >= 0.6 is 0 Å². The van der Waals surface area contributed by atoms with Crippen molar-refractivity contribution in [2.24, 2.45) is 23.7 Å². The molecule has 6 unspecified atom stereocenters. The van der Waals surface area contributed by atoms with Crippen molar-refractivity contribution >= 4 is 29.1 Å². The Morgan fingerprint density at radius 1 is 1.10 bits per heavy atom. The highest BCUT2D eigenvalue weighted by Crippen LogP contribution is 2.52. The molecule has 1 aromatic heterocycles. The Bertz CT molecular complexity index is 1400. The van der Waals surface area contributed by atoms with E-state index in [2.05, 4.69) is 28.0 Å². The average molecular weight is 578 g/mol. The van der Waals surface area contributed by atoms with E-state index in [0.29, 0.717) is 73.8 Å². The van der Waals surface area contributed by atoms with Crippen molar-refractivity contribution in [1.82, 2.24) is 20.7 Å². The quantitative estimate of drug-likeness (QED) is 0.227. The van der Waals surface area contributed by atoms with Gasteiger partial charge in [-0.05, 0) is 49.9 Å². The number of ether oxygens (including phenoxy) is 3. The zero-order valence-electron chi connectivity index (χ0n) is 24.2. The van der Waals surface area contributed by atoms with E-state index >= 15 is 0 Å². The number of alkyl carbamates (subject to hydrolysis) is 1. The number of benzene rings is 2. The van der Waals surface area contributed by atoms with Crippen LogP contribution in [0.2, 0.25) is 0 Å². The van der Waals surface area contributed by atoms with Crippen LogP contribution in [-0.4, -0.2) is 66.7 Å². The summed E-state index contributed by atoms with van der Waals surface area (Å²) >= 11 is 0. The largest absolute Gasteiger partial charge is 0.445 e. The van der Waals surface area contributed by atoms with Crippen molar-refractivity contribution in [2.75, 3.05) is 31.6 Å². The number of anilines is 1. The molecule has 11 nitrogen and oxygen atoms in total. The summed E-state index contributed by atoms with van der Waals surface area (Å²) in [5.41, 5.74) is 5.78. The first-order valence-electron chi connectivity index (χ1n) is 14.8. The van der Waals surface area contributed by atoms with Gasteiger partial charge in [0.25, 0.3) is 11.9 Å². The summed E-state index contributed by atoms with van der Waals surface area (Å²) in [7, 11) is 0. The highest BCUT2D eigenvalue weighted by atomic mass is 16.7. The monoisotopic (exact) mass is 577 g/mol. The second-order valence-corrected chi connectivity index (χ2v) is 11.8. The minimum atomic E-state index is -0.422. The van der Waals surface area contributed by atoms with Gasteiger partial charge < -0.3 is 29.3 Å². The molecule has 0 radical (unpaired) electrons. The minimum absolute atomic E-state index is 0.166. The summed E-state index contributed by atoms with van der Waals surface area (Å²) in [6.45, 7) is 8.78. The van der Waals surface area contributed by atoms with E-state index in [9.17, 15) is 9.59 Å². The Hall–Kier alpha value is -3.67. The van der Waals surface area contributed by atoms with Gasteiger partial charge in [0.1, 0.15) is 11.6 Å². The van der Waals surface area contributed by atoms with E-state index in [-0.39, 0.29) is 36.2 Å². The number of hydrazine groups is 1. The van der Waals surface area contributed by atoms with Gasteiger partial charge in [-0.1, -0.05) is 37.3 Å². The summed E-state index contributed by atoms with van der Waals surface area (Å²) < 4.78 is 23.2. The Morgan fingerprint density at radius 2 is 1.88 bits per heavy atom. The molecule has 2 bridgehead atoms. The summed E-state index contributed by atoms with van der Waals surface area (Å²) in [5, 5.41) is 7.90. The van der Waals surface area contributed by atoms with Crippen LogP contribution in [0.4, 0.5) is 10.8 Å². The molecule has 3 fully saturated rings. The third kappa shape index (κ3) is 6.08. The highest BCUT2D eigenvalue weighted by molar-refractivity contribution is 5.97.